The zero-order valence-electron chi connectivity index (χ0n) is 5.17. The van der Waals surface area contributed by atoms with Crippen molar-refractivity contribution >= 4 is 5.57 Å². The molecule has 0 spiro atoms. The molecule has 1 aromatic rings. The van der Waals surface area contributed by atoms with E-state index in [1.165, 1.54) is 0 Å². The summed E-state index contributed by atoms with van der Waals surface area (Å²) in [5.41, 5.74) is 1.81. The van der Waals surface area contributed by atoms with Crippen LogP contribution >= 0.6 is 0 Å². The molecule has 0 aliphatic heterocycles. The van der Waals surface area contributed by atoms with E-state index in [2.05, 4.69) is 18.5 Å². The Morgan fingerprint density at radius 1 is 1.56 bits per heavy atom. The first-order chi connectivity index (χ1) is 4.30. The van der Waals surface area contributed by atoms with Gasteiger partial charge in [-0.25, -0.2) is 0 Å². The second-order valence-corrected chi connectivity index (χ2v) is 1.85. The normalized spacial score (nSPS) is 9.00. The van der Waals surface area contributed by atoms with Gasteiger partial charge in [-0.3, -0.25) is 4.98 Å². The lowest BCUT2D eigenvalue weighted by molar-refractivity contribution is 1.31. The van der Waals surface area contributed by atoms with Crippen LogP contribution in [0.25, 0.3) is 5.57 Å². The quantitative estimate of drug-likeness (QED) is 0.549. The van der Waals surface area contributed by atoms with Crippen molar-refractivity contribution in [1.29, 1.82) is 0 Å². The summed E-state index contributed by atoms with van der Waals surface area (Å²) in [6.45, 7) is 7.35. The van der Waals surface area contributed by atoms with E-state index in [4.69, 9.17) is 0 Å². The van der Waals surface area contributed by atoms with Gasteiger partial charge in [0.1, 0.15) is 0 Å². The van der Waals surface area contributed by atoms with Crippen LogP contribution in [0.2, 0.25) is 0 Å². The van der Waals surface area contributed by atoms with E-state index in [-0.39, 0.29) is 0 Å². The first kappa shape index (κ1) is 6.02. The molecule has 0 aromatic carbocycles. The first-order valence-corrected chi connectivity index (χ1v) is 2.72. The van der Waals surface area contributed by atoms with E-state index in [1.54, 1.807) is 12.4 Å². The Morgan fingerprint density at radius 2 is 2.33 bits per heavy atom. The van der Waals surface area contributed by atoms with E-state index in [0.717, 1.165) is 11.1 Å². The smallest absolute Gasteiger partial charge is 0.0342 e. The molecule has 0 atom stereocenters. The molecule has 1 radical (unpaired) electrons. The van der Waals surface area contributed by atoms with Crippen LogP contribution in [0.4, 0.5) is 0 Å². The molecule has 0 amide bonds. The van der Waals surface area contributed by atoms with E-state index >= 15 is 0 Å². The molecule has 1 heteroatoms. The summed E-state index contributed by atoms with van der Waals surface area (Å²) in [5.74, 6) is 0. The van der Waals surface area contributed by atoms with Crippen LogP contribution < -0.4 is 0 Å². The maximum Gasteiger partial charge on any atom is 0.0342 e. The standard InChI is InChI=1S/C8H8N/c1-7(2)8-4-3-5-9-6-8/h3-6H,1-2H2. The highest BCUT2D eigenvalue weighted by molar-refractivity contribution is 5.64. The SMILES string of the molecule is [CH2]C(=C)c1cccnc1. The Hall–Kier alpha value is -1.11. The lowest BCUT2D eigenvalue weighted by Crippen LogP contribution is -1.77. The molecule has 0 aliphatic carbocycles. The second-order valence-electron chi connectivity index (χ2n) is 1.85. The van der Waals surface area contributed by atoms with Gasteiger partial charge in [-0.2, -0.15) is 0 Å². The molecule has 0 unspecified atom stereocenters. The third-order valence-corrected chi connectivity index (χ3v) is 1.07. The molecule has 45 valence electrons. The van der Waals surface area contributed by atoms with Gasteiger partial charge in [-0.1, -0.05) is 12.6 Å². The van der Waals surface area contributed by atoms with Crippen LogP contribution in [-0.4, -0.2) is 4.98 Å². The average Bonchev–Trinajstić information content (AvgIpc) is 1.90. The Kier molecular flexibility index (Phi) is 1.63. The summed E-state index contributed by atoms with van der Waals surface area (Å²) in [5, 5.41) is 0. The zero-order valence-corrected chi connectivity index (χ0v) is 5.17. The molecule has 0 bridgehead atoms. The van der Waals surface area contributed by atoms with Gasteiger partial charge in [0, 0.05) is 12.4 Å². The third kappa shape index (κ3) is 1.39. The van der Waals surface area contributed by atoms with E-state index in [9.17, 15) is 0 Å². The summed E-state index contributed by atoms with van der Waals surface area (Å²) in [7, 11) is 0. The fourth-order valence-electron chi connectivity index (χ4n) is 0.572. The lowest BCUT2D eigenvalue weighted by atomic mass is 10.2. The molecule has 1 rings (SSSR count). The number of aromatic nitrogens is 1. The molecule has 0 aliphatic rings. The predicted molar refractivity (Wildman–Crippen MR) is 38.6 cm³/mol. The van der Waals surface area contributed by atoms with Crippen molar-refractivity contribution in [3.05, 3.63) is 43.6 Å². The van der Waals surface area contributed by atoms with Gasteiger partial charge in [0.25, 0.3) is 0 Å². The van der Waals surface area contributed by atoms with Crippen LogP contribution in [0.3, 0.4) is 0 Å². The van der Waals surface area contributed by atoms with Crippen molar-refractivity contribution in [3.8, 4) is 0 Å². The maximum atomic E-state index is 3.91. The fraction of sp³-hybridized carbons (Fsp3) is 0. The molecule has 0 saturated carbocycles. The first-order valence-electron chi connectivity index (χ1n) is 2.72. The molecule has 0 fully saturated rings. The van der Waals surface area contributed by atoms with Crippen molar-refractivity contribution < 1.29 is 0 Å². The number of allylic oxidation sites excluding steroid dienone is 1. The minimum Gasteiger partial charge on any atom is -0.264 e. The predicted octanol–water partition coefficient (Wildman–Crippen LogP) is 1.93. The molecule has 1 aromatic heterocycles. The van der Waals surface area contributed by atoms with Crippen LogP contribution in [0, 0.1) is 6.92 Å². The molecule has 1 heterocycles. The van der Waals surface area contributed by atoms with Gasteiger partial charge in [-0.05, 0) is 24.1 Å². The number of nitrogens with zero attached hydrogens (tertiary/aromatic N) is 1. The fourth-order valence-corrected chi connectivity index (χ4v) is 0.572. The summed E-state index contributed by atoms with van der Waals surface area (Å²) >= 11 is 0. The minimum absolute atomic E-state index is 0.808. The highest BCUT2D eigenvalue weighted by Crippen LogP contribution is 2.06. The number of rotatable bonds is 1. The minimum atomic E-state index is 0.808. The van der Waals surface area contributed by atoms with Crippen LogP contribution in [-0.2, 0) is 0 Å². The third-order valence-electron chi connectivity index (χ3n) is 1.07. The Morgan fingerprint density at radius 3 is 2.67 bits per heavy atom. The summed E-state index contributed by atoms with van der Waals surface area (Å²) in [6.07, 6.45) is 3.47. The summed E-state index contributed by atoms with van der Waals surface area (Å²) in [4.78, 5) is 3.91. The molecular weight excluding hydrogens is 110 g/mol. The van der Waals surface area contributed by atoms with Crippen molar-refractivity contribution in [2.24, 2.45) is 0 Å². The lowest BCUT2D eigenvalue weighted by Gasteiger charge is -1.93. The number of pyridine rings is 1. The summed E-state index contributed by atoms with van der Waals surface area (Å²) < 4.78 is 0. The van der Waals surface area contributed by atoms with Gasteiger partial charge in [0.05, 0.1) is 0 Å². The van der Waals surface area contributed by atoms with Crippen molar-refractivity contribution in [2.45, 2.75) is 0 Å². The molecular formula is C8H8N. The van der Waals surface area contributed by atoms with Gasteiger partial charge in [-0.15, -0.1) is 0 Å². The van der Waals surface area contributed by atoms with Gasteiger partial charge >= 0.3 is 0 Å². The molecule has 1 nitrogen and oxygen atoms in total. The van der Waals surface area contributed by atoms with Crippen LogP contribution in [0.15, 0.2) is 31.1 Å². The molecule has 9 heavy (non-hydrogen) atoms. The van der Waals surface area contributed by atoms with Gasteiger partial charge < -0.3 is 0 Å². The molecule has 0 N–H and O–H groups in total. The summed E-state index contributed by atoms with van der Waals surface area (Å²) in [6, 6.07) is 3.80. The highest BCUT2D eigenvalue weighted by atomic mass is 14.6. The van der Waals surface area contributed by atoms with Gasteiger partial charge in [0.2, 0.25) is 0 Å². The van der Waals surface area contributed by atoms with Crippen molar-refractivity contribution in [2.75, 3.05) is 0 Å². The topological polar surface area (TPSA) is 12.9 Å². The van der Waals surface area contributed by atoms with Crippen LogP contribution in [0.1, 0.15) is 5.56 Å². The van der Waals surface area contributed by atoms with Crippen molar-refractivity contribution in [1.82, 2.24) is 4.98 Å². The van der Waals surface area contributed by atoms with E-state index in [0.29, 0.717) is 0 Å². The highest BCUT2D eigenvalue weighted by Gasteiger charge is 1.87. The Bertz CT molecular complexity index is 201. The number of hydrogen-bond acceptors (Lipinski definition) is 1. The van der Waals surface area contributed by atoms with Crippen molar-refractivity contribution in [3.63, 3.8) is 0 Å². The average molecular weight is 118 g/mol. The largest absolute Gasteiger partial charge is 0.264 e. The maximum absolute atomic E-state index is 3.91. The Balaban J connectivity index is 2.98. The Labute approximate surface area is 55.1 Å². The van der Waals surface area contributed by atoms with E-state index < -0.39 is 0 Å². The molecule has 0 saturated heterocycles. The van der Waals surface area contributed by atoms with E-state index in [1.807, 2.05) is 12.1 Å². The second kappa shape index (κ2) is 2.44. The monoisotopic (exact) mass is 118 g/mol. The van der Waals surface area contributed by atoms with Gasteiger partial charge in [0.15, 0.2) is 0 Å². The zero-order chi connectivity index (χ0) is 6.69. The number of hydrogen-bond donors (Lipinski definition) is 0. The van der Waals surface area contributed by atoms with Crippen LogP contribution in [0.5, 0.6) is 0 Å².